The van der Waals surface area contributed by atoms with E-state index < -0.39 is 15.4 Å². The van der Waals surface area contributed by atoms with Crippen LogP contribution in [0.1, 0.15) is 149 Å². The Balaban J connectivity index is 1.12. The summed E-state index contributed by atoms with van der Waals surface area (Å²) in [6.07, 6.45) is 14.3. The number of sulfone groups is 1. The third-order valence-corrected chi connectivity index (χ3v) is 19.5. The molecule has 8 heteroatoms. The molecule has 322 valence electrons. The van der Waals surface area contributed by atoms with Crippen LogP contribution in [-0.4, -0.2) is 79.9 Å². The number of rotatable bonds is 9. The van der Waals surface area contributed by atoms with Crippen LogP contribution in [0, 0.1) is 56.7 Å². The summed E-state index contributed by atoms with van der Waals surface area (Å²) >= 11 is 0. The number of amides is 1. The van der Waals surface area contributed by atoms with E-state index in [1.165, 1.54) is 68.1 Å². The highest BCUT2D eigenvalue weighted by atomic mass is 32.2. The number of ether oxygens (including phenoxy) is 1. The van der Waals surface area contributed by atoms with Crippen molar-refractivity contribution >= 4 is 27.3 Å². The number of carbonyl (C=O) groups is 2. The van der Waals surface area contributed by atoms with E-state index >= 15 is 0 Å². The molecule has 1 aromatic rings. The van der Waals surface area contributed by atoms with E-state index in [1.807, 2.05) is 32.9 Å². The molecule has 9 atom stereocenters. The van der Waals surface area contributed by atoms with E-state index in [9.17, 15) is 18.0 Å². The van der Waals surface area contributed by atoms with Gasteiger partial charge in [-0.3, -0.25) is 4.79 Å². The number of allylic oxidation sites excluding steroid dienone is 3. The number of hydrogen-bond acceptors (Lipinski definition) is 6. The third-order valence-electron chi connectivity index (χ3n) is 17.9. The maximum absolute atomic E-state index is 13.4. The summed E-state index contributed by atoms with van der Waals surface area (Å²) in [6.45, 7) is 31.1. The lowest BCUT2D eigenvalue weighted by molar-refractivity contribution is -0.226. The van der Waals surface area contributed by atoms with Gasteiger partial charge in [0.25, 0.3) is 0 Å². The minimum atomic E-state index is -2.90. The van der Waals surface area contributed by atoms with Crippen molar-refractivity contribution in [2.45, 2.75) is 139 Å². The molecule has 0 radical (unpaired) electrons. The van der Waals surface area contributed by atoms with Gasteiger partial charge in [0.05, 0.1) is 17.1 Å². The summed E-state index contributed by atoms with van der Waals surface area (Å²) in [7, 11) is -2.90. The summed E-state index contributed by atoms with van der Waals surface area (Å²) in [4.78, 5) is 30.7. The average molecular weight is 817 g/mol. The zero-order valence-electron chi connectivity index (χ0n) is 37.8. The zero-order valence-corrected chi connectivity index (χ0v) is 38.7. The molecule has 0 aromatic heterocycles. The molecule has 1 heterocycles. The fourth-order valence-corrected chi connectivity index (χ4v) is 16.2. The Labute approximate surface area is 352 Å². The molecule has 1 unspecified atom stereocenters. The van der Waals surface area contributed by atoms with E-state index in [1.54, 1.807) is 6.92 Å². The van der Waals surface area contributed by atoms with Crippen molar-refractivity contribution in [2.75, 3.05) is 44.2 Å². The van der Waals surface area contributed by atoms with Crippen LogP contribution in [-0.2, 0) is 19.4 Å². The molecule has 5 fully saturated rings. The molecule has 1 amide bonds. The Morgan fingerprint density at radius 1 is 0.879 bits per heavy atom. The van der Waals surface area contributed by atoms with Gasteiger partial charge in [-0.25, -0.2) is 13.2 Å². The van der Waals surface area contributed by atoms with E-state index in [4.69, 9.17) is 4.74 Å². The highest BCUT2D eigenvalue weighted by Crippen LogP contribution is 2.77. The second-order valence-electron chi connectivity index (χ2n) is 22.5. The first kappa shape index (κ1) is 43.6. The van der Waals surface area contributed by atoms with Gasteiger partial charge in [-0.1, -0.05) is 65.0 Å². The van der Waals surface area contributed by atoms with Crippen LogP contribution in [0.5, 0.6) is 0 Å². The quantitative estimate of drug-likeness (QED) is 0.182. The predicted octanol–water partition coefficient (Wildman–Crippen LogP) is 10.3. The Morgan fingerprint density at radius 3 is 2.17 bits per heavy atom. The van der Waals surface area contributed by atoms with Crippen molar-refractivity contribution in [3.05, 3.63) is 53.6 Å². The first-order valence-corrected chi connectivity index (χ1v) is 24.7. The smallest absolute Gasteiger partial charge is 0.338 e. The highest BCUT2D eigenvalue weighted by molar-refractivity contribution is 7.91. The Kier molecular flexibility index (Phi) is 11.4. The van der Waals surface area contributed by atoms with Crippen molar-refractivity contribution in [1.29, 1.82) is 0 Å². The van der Waals surface area contributed by atoms with Crippen LogP contribution in [0.25, 0.3) is 5.57 Å². The van der Waals surface area contributed by atoms with Crippen LogP contribution in [0.3, 0.4) is 0 Å². The van der Waals surface area contributed by atoms with E-state index in [0.29, 0.717) is 48.2 Å². The fraction of sp³-hybridized carbons (Fsp3) is 0.760. The van der Waals surface area contributed by atoms with E-state index in [-0.39, 0.29) is 50.5 Å². The molecule has 58 heavy (non-hydrogen) atoms. The summed E-state index contributed by atoms with van der Waals surface area (Å²) in [5.41, 5.74) is 4.83. The highest BCUT2D eigenvalue weighted by Gasteiger charge is 2.70. The minimum Gasteiger partial charge on any atom is -0.456 e. The molecule has 0 bridgehead atoms. The topological polar surface area (TPSA) is 84.0 Å². The van der Waals surface area contributed by atoms with Crippen LogP contribution < -0.4 is 0 Å². The van der Waals surface area contributed by atoms with E-state index in [2.05, 4.69) is 76.1 Å². The number of hydrogen-bond donors (Lipinski definition) is 0. The number of fused-ring (bicyclic) bond motifs is 7. The lowest BCUT2D eigenvalue weighted by Crippen LogP contribution is -2.66. The molecule has 1 aliphatic heterocycles. The summed E-state index contributed by atoms with van der Waals surface area (Å²) in [5, 5.41) is 0. The largest absolute Gasteiger partial charge is 0.456 e. The van der Waals surface area contributed by atoms with Gasteiger partial charge in [-0.2, -0.15) is 0 Å². The van der Waals surface area contributed by atoms with Gasteiger partial charge in [0.1, 0.15) is 5.60 Å². The Bertz CT molecular complexity index is 1900. The fourth-order valence-electron chi connectivity index (χ4n) is 15.0. The number of nitrogens with zero attached hydrogens (tertiary/aromatic N) is 2. The molecule has 5 aliphatic carbocycles. The van der Waals surface area contributed by atoms with Gasteiger partial charge in [0.2, 0.25) is 5.91 Å². The van der Waals surface area contributed by atoms with Crippen molar-refractivity contribution in [3.63, 3.8) is 0 Å². The van der Waals surface area contributed by atoms with Gasteiger partial charge in [-0.15, -0.1) is 0 Å². The first-order valence-electron chi connectivity index (χ1n) is 22.8. The van der Waals surface area contributed by atoms with Crippen molar-refractivity contribution in [2.24, 2.45) is 56.7 Å². The van der Waals surface area contributed by atoms with Crippen LogP contribution >= 0.6 is 0 Å². The zero-order chi connectivity index (χ0) is 42.3. The second-order valence-corrected chi connectivity index (χ2v) is 24.8. The Hall–Kier alpha value is -2.45. The van der Waals surface area contributed by atoms with Gasteiger partial charge in [0.15, 0.2) is 9.84 Å². The van der Waals surface area contributed by atoms with Crippen LogP contribution in [0.15, 0.2) is 42.5 Å². The molecule has 1 saturated heterocycles. The molecule has 4 saturated carbocycles. The SMILES string of the molecule is C=C(C)[C@@H]1CC[C@]2(CN(CCCN3CCS(=O)(=O)CC3)C(C)=O)CC[C@]3(C)[C@H](CC[C@@H]4C5(C)CC=C(c6ccc(C(=O)OC(C)(C)C)cc6)C(C)(C)[C@@H]5CC[C@]43C)[C@@H]12. The second kappa shape index (κ2) is 15.2. The van der Waals surface area contributed by atoms with Gasteiger partial charge >= 0.3 is 5.97 Å². The normalized spacial score (nSPS) is 38.0. The van der Waals surface area contributed by atoms with Gasteiger partial charge in [0, 0.05) is 33.1 Å². The van der Waals surface area contributed by atoms with E-state index in [0.717, 1.165) is 32.5 Å². The minimum absolute atomic E-state index is 0.000408. The van der Waals surface area contributed by atoms with Crippen LogP contribution in [0.4, 0.5) is 0 Å². The predicted molar refractivity (Wildman–Crippen MR) is 236 cm³/mol. The molecular weight excluding hydrogens is 741 g/mol. The number of benzene rings is 1. The monoisotopic (exact) mass is 817 g/mol. The average Bonchev–Trinajstić information content (AvgIpc) is 3.51. The van der Waals surface area contributed by atoms with Gasteiger partial charge in [-0.05, 0) is 178 Å². The third kappa shape index (κ3) is 7.49. The lowest BCUT2D eigenvalue weighted by Gasteiger charge is -2.72. The van der Waals surface area contributed by atoms with Crippen molar-refractivity contribution in [3.8, 4) is 0 Å². The first-order chi connectivity index (χ1) is 27.0. The summed E-state index contributed by atoms with van der Waals surface area (Å²) in [5.74, 6) is 3.27. The maximum Gasteiger partial charge on any atom is 0.338 e. The Morgan fingerprint density at radius 2 is 1.55 bits per heavy atom. The van der Waals surface area contributed by atoms with Crippen molar-refractivity contribution < 1.29 is 22.7 Å². The molecule has 7 rings (SSSR count). The number of esters is 1. The summed E-state index contributed by atoms with van der Waals surface area (Å²) < 4.78 is 29.7. The van der Waals surface area contributed by atoms with Gasteiger partial charge < -0.3 is 14.5 Å². The molecular formula is C50H76N2O5S. The number of carbonyl (C=O) groups excluding carboxylic acids is 2. The molecule has 1 aromatic carbocycles. The van der Waals surface area contributed by atoms with Crippen molar-refractivity contribution in [1.82, 2.24) is 9.80 Å². The molecule has 0 N–H and O–H groups in total. The molecule has 0 spiro atoms. The molecule has 6 aliphatic rings. The van der Waals surface area contributed by atoms with Crippen LogP contribution in [0.2, 0.25) is 0 Å². The summed E-state index contributed by atoms with van der Waals surface area (Å²) in [6, 6.07) is 8.16. The maximum atomic E-state index is 13.4. The molecule has 7 nitrogen and oxygen atoms in total. The standard InChI is InChI=1S/C50H76N2O5S/c1-34(2)38-19-24-50(33-52(35(3)53)28-12-27-51-29-31-58(55,56)32-30-51)26-25-48(10)40(43(38)50)17-18-42-47(9)22-20-39(46(7,8)41(47)21-23-49(42,48)11)36-13-15-37(16-14-36)44(54)57-45(4,5)6/h13-16,20,38,40-43H,1,12,17-19,21-33H2,2-11H3/t38-,40+,41-,42+,43+,47?,48+,49+,50+/m0/s1. The lowest BCUT2D eigenvalue weighted by atomic mass is 9.32.